The molecule has 0 atom stereocenters. The molecule has 0 unspecified atom stereocenters. The highest BCUT2D eigenvalue weighted by molar-refractivity contribution is 6.04. The molecule has 4 N–H and O–H groups in total. The first-order valence-corrected chi connectivity index (χ1v) is 7.15. The van der Waals surface area contributed by atoms with Gasteiger partial charge in [0.25, 0.3) is 11.8 Å². The summed E-state index contributed by atoms with van der Waals surface area (Å²) in [6.45, 7) is 0.248. The Morgan fingerprint density at radius 1 is 1.13 bits per heavy atom. The molecule has 0 radical (unpaired) electrons. The van der Waals surface area contributed by atoms with Gasteiger partial charge in [-0.05, 0) is 43.2 Å². The fourth-order valence-corrected chi connectivity index (χ4v) is 2.01. The molecule has 1 aliphatic carbocycles. The van der Waals surface area contributed by atoms with Gasteiger partial charge in [0.15, 0.2) is 0 Å². The third-order valence-electron chi connectivity index (χ3n) is 3.43. The van der Waals surface area contributed by atoms with Crippen LogP contribution in [0.4, 0.5) is 5.69 Å². The molecule has 122 valence electrons. The van der Waals surface area contributed by atoms with E-state index in [9.17, 15) is 9.59 Å². The lowest BCUT2D eigenvalue weighted by molar-refractivity contribution is 0.0950. The minimum absolute atomic E-state index is 0. The van der Waals surface area contributed by atoms with Crippen LogP contribution in [-0.2, 0) is 6.54 Å². The Morgan fingerprint density at radius 3 is 2.39 bits per heavy atom. The summed E-state index contributed by atoms with van der Waals surface area (Å²) in [7, 11) is 0. The van der Waals surface area contributed by atoms with Gasteiger partial charge in [-0.25, -0.2) is 0 Å². The lowest BCUT2D eigenvalue weighted by Gasteiger charge is -2.06. The van der Waals surface area contributed by atoms with Crippen molar-refractivity contribution in [3.63, 3.8) is 0 Å². The van der Waals surface area contributed by atoms with Crippen molar-refractivity contribution in [2.75, 3.05) is 5.32 Å². The molecule has 2 aromatic rings. The predicted molar refractivity (Wildman–Crippen MR) is 88.7 cm³/mol. The van der Waals surface area contributed by atoms with Gasteiger partial charge in [-0.15, -0.1) is 12.4 Å². The average molecular weight is 336 g/mol. The molecular weight excluding hydrogens is 318 g/mol. The third-order valence-corrected chi connectivity index (χ3v) is 3.43. The van der Waals surface area contributed by atoms with Crippen LogP contribution in [0.1, 0.15) is 39.3 Å². The highest BCUT2D eigenvalue weighted by Crippen LogP contribution is 2.20. The highest BCUT2D eigenvalue weighted by Gasteiger charge is 2.23. The fraction of sp³-hybridized carbons (Fsp3) is 0.250. The van der Waals surface area contributed by atoms with Crippen molar-refractivity contribution in [3.8, 4) is 0 Å². The van der Waals surface area contributed by atoms with Crippen LogP contribution in [0.2, 0.25) is 0 Å². The standard InChI is InChI=1S/C16H17N3O3.ClH/c17-8-14-7-11(9-22-14)16(21)19-12-3-1-10(2-4-12)15(20)18-13-5-6-13;/h1-4,7,9,13H,5-6,8,17H2,(H,18,20)(H,19,21);1H. The van der Waals surface area contributed by atoms with Crippen molar-refractivity contribution in [1.29, 1.82) is 0 Å². The minimum atomic E-state index is -0.279. The summed E-state index contributed by atoms with van der Waals surface area (Å²) in [5.41, 5.74) is 7.05. The number of hydrogen-bond acceptors (Lipinski definition) is 4. The number of carbonyl (C=O) groups is 2. The summed E-state index contributed by atoms with van der Waals surface area (Å²) in [5.74, 6) is 0.193. The molecule has 23 heavy (non-hydrogen) atoms. The topological polar surface area (TPSA) is 97.4 Å². The molecule has 0 bridgehead atoms. The third kappa shape index (κ3) is 4.34. The molecule has 0 aliphatic heterocycles. The highest BCUT2D eigenvalue weighted by atomic mass is 35.5. The van der Waals surface area contributed by atoms with E-state index in [1.54, 1.807) is 30.3 Å². The Kier molecular flexibility index (Phi) is 5.41. The summed E-state index contributed by atoms with van der Waals surface area (Å²) in [6, 6.07) is 8.70. The van der Waals surface area contributed by atoms with Gasteiger partial charge < -0.3 is 20.8 Å². The van der Waals surface area contributed by atoms with Crippen LogP contribution in [0.15, 0.2) is 41.0 Å². The fourth-order valence-electron chi connectivity index (χ4n) is 2.01. The van der Waals surface area contributed by atoms with Gasteiger partial charge in [0.2, 0.25) is 0 Å². The maximum absolute atomic E-state index is 12.0. The molecule has 6 nitrogen and oxygen atoms in total. The number of halogens is 1. The summed E-state index contributed by atoms with van der Waals surface area (Å²) in [5, 5.41) is 5.66. The van der Waals surface area contributed by atoms with Crippen LogP contribution in [0.5, 0.6) is 0 Å². The van der Waals surface area contributed by atoms with E-state index in [0.717, 1.165) is 12.8 Å². The summed E-state index contributed by atoms with van der Waals surface area (Å²) >= 11 is 0. The smallest absolute Gasteiger partial charge is 0.258 e. The van der Waals surface area contributed by atoms with E-state index in [1.807, 2.05) is 0 Å². The number of rotatable bonds is 5. The predicted octanol–water partition coefficient (Wildman–Crippen LogP) is 2.30. The van der Waals surface area contributed by atoms with Crippen LogP contribution in [0, 0.1) is 0 Å². The summed E-state index contributed by atoms with van der Waals surface area (Å²) in [6.07, 6.45) is 3.47. The van der Waals surface area contributed by atoms with Gasteiger partial charge >= 0.3 is 0 Å². The van der Waals surface area contributed by atoms with Crippen molar-refractivity contribution in [2.24, 2.45) is 5.73 Å². The van der Waals surface area contributed by atoms with Crippen molar-refractivity contribution < 1.29 is 14.0 Å². The second kappa shape index (κ2) is 7.30. The molecule has 2 amide bonds. The number of furan rings is 1. The number of amides is 2. The molecule has 7 heteroatoms. The molecule has 1 saturated carbocycles. The van der Waals surface area contributed by atoms with Crippen LogP contribution < -0.4 is 16.4 Å². The first-order chi connectivity index (χ1) is 10.7. The zero-order chi connectivity index (χ0) is 15.5. The van der Waals surface area contributed by atoms with Gasteiger partial charge in [-0.3, -0.25) is 9.59 Å². The Balaban J connectivity index is 0.00000192. The van der Waals surface area contributed by atoms with E-state index in [1.165, 1.54) is 6.26 Å². The van der Waals surface area contributed by atoms with Crippen LogP contribution >= 0.6 is 12.4 Å². The normalized spacial score (nSPS) is 13.1. The second-order valence-corrected chi connectivity index (χ2v) is 5.29. The maximum Gasteiger partial charge on any atom is 0.258 e. The molecule has 0 saturated heterocycles. The molecular formula is C16H18ClN3O3. The number of nitrogens with two attached hydrogens (primary N) is 1. The summed E-state index contributed by atoms with van der Waals surface area (Å²) in [4.78, 5) is 23.9. The molecule has 1 aromatic carbocycles. The van der Waals surface area contributed by atoms with E-state index < -0.39 is 0 Å². The Morgan fingerprint density at radius 2 is 1.83 bits per heavy atom. The maximum atomic E-state index is 12.0. The van der Waals surface area contributed by atoms with E-state index >= 15 is 0 Å². The van der Waals surface area contributed by atoms with Gasteiger partial charge in [0.05, 0.1) is 12.1 Å². The molecule has 1 aromatic heterocycles. The largest absolute Gasteiger partial charge is 0.467 e. The van der Waals surface area contributed by atoms with Gasteiger partial charge in [-0.1, -0.05) is 0 Å². The van der Waals surface area contributed by atoms with Crippen LogP contribution in [0.3, 0.4) is 0 Å². The SMILES string of the molecule is Cl.NCc1cc(C(=O)Nc2ccc(C(=O)NC3CC3)cc2)co1. The van der Waals surface area contributed by atoms with E-state index in [0.29, 0.717) is 28.6 Å². The van der Waals surface area contributed by atoms with Crippen molar-refractivity contribution in [3.05, 3.63) is 53.5 Å². The lowest BCUT2D eigenvalue weighted by Crippen LogP contribution is -2.25. The van der Waals surface area contributed by atoms with E-state index in [-0.39, 0.29) is 30.8 Å². The number of hydrogen-bond donors (Lipinski definition) is 3. The Bertz CT molecular complexity index is 693. The Hall–Kier alpha value is -2.31. The number of carbonyl (C=O) groups excluding carboxylic acids is 2. The average Bonchev–Trinajstić information content (AvgIpc) is 3.20. The van der Waals surface area contributed by atoms with Crippen molar-refractivity contribution >= 4 is 29.9 Å². The van der Waals surface area contributed by atoms with Crippen molar-refractivity contribution in [1.82, 2.24) is 5.32 Å². The molecule has 0 spiro atoms. The second-order valence-electron chi connectivity index (χ2n) is 5.29. The molecule has 1 heterocycles. The first-order valence-electron chi connectivity index (χ1n) is 7.15. The molecule has 1 fully saturated rings. The minimum Gasteiger partial charge on any atom is -0.467 e. The van der Waals surface area contributed by atoms with Gasteiger partial charge in [0, 0.05) is 17.3 Å². The summed E-state index contributed by atoms with van der Waals surface area (Å²) < 4.78 is 5.13. The first kappa shape index (κ1) is 17.1. The number of benzene rings is 1. The number of anilines is 1. The number of nitrogens with one attached hydrogen (secondary N) is 2. The van der Waals surface area contributed by atoms with Crippen LogP contribution in [-0.4, -0.2) is 17.9 Å². The quantitative estimate of drug-likeness (QED) is 0.781. The van der Waals surface area contributed by atoms with E-state index in [2.05, 4.69) is 10.6 Å². The molecule has 1 aliphatic rings. The van der Waals surface area contributed by atoms with Gasteiger partial charge in [0.1, 0.15) is 12.0 Å². The Labute approximate surface area is 139 Å². The van der Waals surface area contributed by atoms with Crippen LogP contribution in [0.25, 0.3) is 0 Å². The molecule has 3 rings (SSSR count). The monoisotopic (exact) mass is 335 g/mol. The van der Waals surface area contributed by atoms with Crippen molar-refractivity contribution in [2.45, 2.75) is 25.4 Å². The zero-order valence-corrected chi connectivity index (χ0v) is 13.2. The zero-order valence-electron chi connectivity index (χ0n) is 12.4. The van der Waals surface area contributed by atoms with Gasteiger partial charge in [-0.2, -0.15) is 0 Å². The van der Waals surface area contributed by atoms with E-state index in [4.69, 9.17) is 10.2 Å². The lowest BCUT2D eigenvalue weighted by atomic mass is 10.2.